The molecule has 1 saturated heterocycles. The second-order valence-corrected chi connectivity index (χ2v) is 9.55. The summed E-state index contributed by atoms with van der Waals surface area (Å²) in [7, 11) is 0. The number of hydrogen-bond acceptors (Lipinski definition) is 3. The van der Waals surface area contributed by atoms with Gasteiger partial charge in [0.1, 0.15) is 12.1 Å². The Bertz CT molecular complexity index is 996. The molecule has 1 fully saturated rings. The number of nitrogens with one attached hydrogen (secondary N) is 2. The van der Waals surface area contributed by atoms with Crippen LogP contribution >= 0.6 is 11.6 Å². The summed E-state index contributed by atoms with van der Waals surface area (Å²) in [6.07, 6.45) is 0. The van der Waals surface area contributed by atoms with E-state index in [9.17, 15) is 14.4 Å². The smallest absolute Gasteiger partial charge is 0.325 e. The lowest BCUT2D eigenvalue weighted by Crippen LogP contribution is -2.43. The number of halogens is 1. The molecule has 6 nitrogen and oxygen atoms in total. The van der Waals surface area contributed by atoms with Crippen LogP contribution in [0.5, 0.6) is 0 Å². The molecule has 2 aromatic rings. The van der Waals surface area contributed by atoms with Gasteiger partial charge in [0.05, 0.1) is 6.04 Å². The van der Waals surface area contributed by atoms with Gasteiger partial charge in [0.2, 0.25) is 5.91 Å². The van der Waals surface area contributed by atoms with Crippen molar-refractivity contribution in [2.45, 2.75) is 51.6 Å². The Morgan fingerprint density at radius 3 is 2.23 bits per heavy atom. The Morgan fingerprint density at radius 2 is 1.68 bits per heavy atom. The van der Waals surface area contributed by atoms with Crippen LogP contribution in [0.2, 0.25) is 5.02 Å². The number of nitrogens with zero attached hydrogens (tertiary/aromatic N) is 1. The van der Waals surface area contributed by atoms with Crippen LogP contribution in [0.1, 0.15) is 57.4 Å². The van der Waals surface area contributed by atoms with E-state index in [-0.39, 0.29) is 18.0 Å². The predicted molar refractivity (Wildman–Crippen MR) is 121 cm³/mol. The van der Waals surface area contributed by atoms with E-state index in [1.54, 1.807) is 19.1 Å². The number of imide groups is 1. The van der Waals surface area contributed by atoms with Gasteiger partial charge in [-0.1, -0.05) is 68.8 Å². The van der Waals surface area contributed by atoms with Gasteiger partial charge >= 0.3 is 6.03 Å². The molecule has 2 atom stereocenters. The normalized spacial score (nSPS) is 19.9. The van der Waals surface area contributed by atoms with Crippen molar-refractivity contribution < 1.29 is 14.4 Å². The maximum atomic E-state index is 13.1. The first-order chi connectivity index (χ1) is 14.4. The van der Waals surface area contributed by atoms with Gasteiger partial charge in [0, 0.05) is 5.02 Å². The van der Waals surface area contributed by atoms with Crippen LogP contribution in [-0.4, -0.2) is 29.3 Å². The first-order valence-corrected chi connectivity index (χ1v) is 10.6. The molecule has 2 unspecified atom stereocenters. The summed E-state index contributed by atoms with van der Waals surface area (Å²) in [6.45, 7) is 9.46. The van der Waals surface area contributed by atoms with Crippen LogP contribution in [-0.2, 0) is 20.5 Å². The van der Waals surface area contributed by atoms with Crippen molar-refractivity contribution in [1.82, 2.24) is 15.5 Å². The van der Waals surface area contributed by atoms with Gasteiger partial charge < -0.3 is 10.6 Å². The van der Waals surface area contributed by atoms with Crippen LogP contribution in [0.4, 0.5) is 4.79 Å². The van der Waals surface area contributed by atoms with Gasteiger partial charge in [-0.15, -0.1) is 0 Å². The standard InChI is InChI=1S/C24H28ClN3O3/c1-15(16-6-12-19(25)13-7-16)26-20(29)14-28-21(30)24(5,27-22(28)31)18-10-8-17(9-11-18)23(2,3)4/h6-13,15H,14H2,1-5H3,(H,26,29)(H,27,31). The maximum absolute atomic E-state index is 13.1. The lowest BCUT2D eigenvalue weighted by Gasteiger charge is -2.24. The SMILES string of the molecule is CC(NC(=O)CN1C(=O)NC(C)(c2ccc(C(C)(C)C)cc2)C1=O)c1ccc(Cl)cc1. The third kappa shape index (κ3) is 4.74. The van der Waals surface area contributed by atoms with Crippen LogP contribution < -0.4 is 10.6 Å². The molecule has 0 aromatic heterocycles. The highest BCUT2D eigenvalue weighted by Gasteiger charge is 2.49. The maximum Gasteiger partial charge on any atom is 0.325 e. The molecule has 7 heteroatoms. The molecule has 0 saturated carbocycles. The lowest BCUT2D eigenvalue weighted by molar-refractivity contribution is -0.135. The summed E-state index contributed by atoms with van der Waals surface area (Å²) in [5.74, 6) is -0.867. The molecule has 4 amide bonds. The Hall–Kier alpha value is -2.86. The fourth-order valence-electron chi connectivity index (χ4n) is 3.61. The summed E-state index contributed by atoms with van der Waals surface area (Å²) in [6, 6.07) is 13.9. The number of hydrogen-bond donors (Lipinski definition) is 2. The summed E-state index contributed by atoms with van der Waals surface area (Å²) in [5.41, 5.74) is 1.45. The topological polar surface area (TPSA) is 78.5 Å². The van der Waals surface area contributed by atoms with E-state index in [0.29, 0.717) is 10.6 Å². The minimum atomic E-state index is -1.21. The van der Waals surface area contributed by atoms with Crippen molar-refractivity contribution >= 4 is 29.4 Å². The van der Waals surface area contributed by atoms with Gasteiger partial charge in [-0.25, -0.2) is 4.79 Å². The zero-order chi connectivity index (χ0) is 23.0. The van der Waals surface area contributed by atoms with Crippen LogP contribution in [0, 0.1) is 0 Å². The Morgan fingerprint density at radius 1 is 1.10 bits per heavy atom. The van der Waals surface area contributed by atoms with Gasteiger partial charge in [-0.3, -0.25) is 14.5 Å². The average Bonchev–Trinajstić information content (AvgIpc) is 2.92. The molecule has 0 aliphatic carbocycles. The van der Waals surface area contributed by atoms with E-state index in [2.05, 4.69) is 31.4 Å². The molecule has 0 spiro atoms. The number of carbonyl (C=O) groups is 3. The van der Waals surface area contributed by atoms with Crippen LogP contribution in [0.15, 0.2) is 48.5 Å². The summed E-state index contributed by atoms with van der Waals surface area (Å²) in [4.78, 5) is 39.1. The summed E-state index contributed by atoms with van der Waals surface area (Å²) < 4.78 is 0. The molecule has 31 heavy (non-hydrogen) atoms. The minimum Gasteiger partial charge on any atom is -0.348 e. The van der Waals surface area contributed by atoms with E-state index in [0.717, 1.165) is 16.0 Å². The van der Waals surface area contributed by atoms with Crippen molar-refractivity contribution in [2.75, 3.05) is 6.54 Å². The monoisotopic (exact) mass is 441 g/mol. The van der Waals surface area contributed by atoms with E-state index in [1.807, 2.05) is 43.3 Å². The molecule has 1 aliphatic heterocycles. The van der Waals surface area contributed by atoms with E-state index in [1.165, 1.54) is 0 Å². The van der Waals surface area contributed by atoms with E-state index >= 15 is 0 Å². The second-order valence-electron chi connectivity index (χ2n) is 9.11. The lowest BCUT2D eigenvalue weighted by atomic mass is 9.84. The molecular weight excluding hydrogens is 414 g/mol. The van der Waals surface area contributed by atoms with Gasteiger partial charge in [0.25, 0.3) is 5.91 Å². The first kappa shape index (κ1) is 22.8. The molecule has 0 radical (unpaired) electrons. The molecule has 1 heterocycles. The predicted octanol–water partition coefficient (Wildman–Crippen LogP) is 4.28. The van der Waals surface area contributed by atoms with E-state index < -0.39 is 23.4 Å². The quantitative estimate of drug-likeness (QED) is 0.679. The van der Waals surface area contributed by atoms with Crippen molar-refractivity contribution in [3.05, 3.63) is 70.2 Å². The first-order valence-electron chi connectivity index (χ1n) is 10.2. The fourth-order valence-corrected chi connectivity index (χ4v) is 3.73. The Balaban J connectivity index is 1.70. The molecular formula is C24H28ClN3O3. The van der Waals surface area contributed by atoms with Gasteiger partial charge in [-0.2, -0.15) is 0 Å². The molecule has 2 N–H and O–H groups in total. The van der Waals surface area contributed by atoms with Crippen LogP contribution in [0.25, 0.3) is 0 Å². The molecule has 164 valence electrons. The average molecular weight is 442 g/mol. The van der Waals surface area contributed by atoms with Crippen molar-refractivity contribution in [1.29, 1.82) is 0 Å². The number of benzene rings is 2. The number of carbonyl (C=O) groups excluding carboxylic acids is 3. The van der Waals surface area contributed by atoms with Crippen LogP contribution in [0.3, 0.4) is 0 Å². The molecule has 3 rings (SSSR count). The largest absolute Gasteiger partial charge is 0.348 e. The minimum absolute atomic E-state index is 0.0206. The van der Waals surface area contributed by atoms with Crippen molar-refractivity contribution in [3.63, 3.8) is 0 Å². The fraction of sp³-hybridized carbons (Fsp3) is 0.375. The third-order valence-electron chi connectivity index (χ3n) is 5.65. The highest BCUT2D eigenvalue weighted by Crippen LogP contribution is 2.31. The van der Waals surface area contributed by atoms with Gasteiger partial charge in [0.15, 0.2) is 0 Å². The Labute approximate surface area is 188 Å². The Kier molecular flexibility index (Phi) is 6.14. The summed E-state index contributed by atoms with van der Waals surface area (Å²) >= 11 is 5.90. The summed E-state index contributed by atoms with van der Waals surface area (Å²) in [5, 5.41) is 6.17. The zero-order valence-corrected chi connectivity index (χ0v) is 19.2. The van der Waals surface area contributed by atoms with Crippen molar-refractivity contribution in [2.24, 2.45) is 0 Å². The highest BCUT2D eigenvalue weighted by molar-refractivity contribution is 6.30. The third-order valence-corrected chi connectivity index (χ3v) is 5.90. The zero-order valence-electron chi connectivity index (χ0n) is 18.5. The molecule has 1 aliphatic rings. The number of amides is 4. The number of urea groups is 1. The number of rotatable bonds is 5. The molecule has 0 bridgehead atoms. The van der Waals surface area contributed by atoms with E-state index in [4.69, 9.17) is 11.6 Å². The second kappa shape index (κ2) is 8.35. The highest BCUT2D eigenvalue weighted by atomic mass is 35.5. The molecule has 2 aromatic carbocycles. The van der Waals surface area contributed by atoms with Gasteiger partial charge in [-0.05, 0) is 48.1 Å². The van der Waals surface area contributed by atoms with Crippen molar-refractivity contribution in [3.8, 4) is 0 Å².